The molecule has 202 valence electrons. The molecular weight excluding hydrogens is 488 g/mol. The molecule has 0 saturated heterocycles. The summed E-state index contributed by atoms with van der Waals surface area (Å²) in [5.41, 5.74) is 7.18. The lowest BCUT2D eigenvalue weighted by Crippen LogP contribution is -2.45. The number of benzene rings is 2. The number of carbonyl (C=O) groups excluding carboxylic acids is 2. The van der Waals surface area contributed by atoms with Crippen molar-refractivity contribution < 1.29 is 19.1 Å². The molecule has 3 aliphatic carbocycles. The van der Waals surface area contributed by atoms with E-state index in [1.165, 1.54) is 30.5 Å². The minimum Gasteiger partial charge on any atom is -0.462 e. The molecule has 1 heterocycles. The Labute approximate surface area is 230 Å². The topological polar surface area (TPSA) is 78.4 Å². The Bertz CT molecular complexity index is 1410. The van der Waals surface area contributed by atoms with E-state index >= 15 is 0 Å². The molecule has 2 aromatic carbocycles. The third-order valence-corrected chi connectivity index (χ3v) is 9.59. The Morgan fingerprint density at radius 1 is 0.897 bits per heavy atom. The molecule has 0 N–H and O–H groups in total. The van der Waals surface area contributed by atoms with E-state index in [-0.39, 0.29) is 23.5 Å². The maximum absolute atomic E-state index is 12.0. The minimum absolute atomic E-state index is 0.0200. The van der Waals surface area contributed by atoms with Crippen molar-refractivity contribution in [1.82, 2.24) is 10.2 Å². The minimum atomic E-state index is -0.343. The Hall–Kier alpha value is -3.54. The van der Waals surface area contributed by atoms with Crippen LogP contribution in [0.4, 0.5) is 0 Å². The molecule has 39 heavy (non-hydrogen) atoms. The first-order valence-corrected chi connectivity index (χ1v) is 14.2. The molecule has 2 saturated carbocycles. The van der Waals surface area contributed by atoms with E-state index in [9.17, 15) is 9.59 Å². The molecule has 0 unspecified atom stereocenters. The highest BCUT2D eigenvalue weighted by molar-refractivity contribution is 5.77. The predicted molar refractivity (Wildman–Crippen MR) is 149 cm³/mol. The second-order valence-electron chi connectivity index (χ2n) is 11.9. The van der Waals surface area contributed by atoms with E-state index < -0.39 is 0 Å². The smallest absolute Gasteiger partial charge is 0.308 e. The fraction of sp³-hybridized carbons (Fsp3) is 0.455. The molecule has 3 aromatic rings. The zero-order chi connectivity index (χ0) is 27.3. The predicted octanol–water partition coefficient (Wildman–Crippen LogP) is 6.83. The van der Waals surface area contributed by atoms with Crippen molar-refractivity contribution in [2.24, 2.45) is 17.3 Å². The van der Waals surface area contributed by atoms with Crippen LogP contribution in [0.3, 0.4) is 0 Å². The summed E-state index contributed by atoms with van der Waals surface area (Å²) in [6.45, 7) is 7.36. The average Bonchev–Trinajstić information content (AvgIpc) is 3.24. The molecule has 6 nitrogen and oxygen atoms in total. The van der Waals surface area contributed by atoms with Crippen LogP contribution in [0.15, 0.2) is 48.5 Å². The number of esters is 2. The highest BCUT2D eigenvalue weighted by atomic mass is 16.5. The van der Waals surface area contributed by atoms with Gasteiger partial charge in [-0.1, -0.05) is 36.8 Å². The number of carbonyl (C=O) groups is 2. The van der Waals surface area contributed by atoms with Crippen LogP contribution in [0, 0.1) is 24.2 Å². The van der Waals surface area contributed by atoms with Crippen molar-refractivity contribution >= 4 is 11.9 Å². The molecule has 6 rings (SSSR count). The molecular formula is C33H36N2O4. The SMILES string of the molecule is CC(=O)Oc1cc2c(cc1-c1ccc(-c3ccc(C)cc3)nn1)[C@H]1CC[C@]3(C)[C@@H](OC(C)=O)CC[C@H]3[C@@H]1CC2. The van der Waals surface area contributed by atoms with Gasteiger partial charge in [0.15, 0.2) is 0 Å². The van der Waals surface area contributed by atoms with Crippen molar-refractivity contribution in [3.05, 3.63) is 65.2 Å². The van der Waals surface area contributed by atoms with Crippen LogP contribution in [-0.2, 0) is 20.7 Å². The highest BCUT2D eigenvalue weighted by Crippen LogP contribution is 2.62. The van der Waals surface area contributed by atoms with E-state index in [4.69, 9.17) is 9.47 Å². The molecule has 2 fully saturated rings. The largest absolute Gasteiger partial charge is 0.462 e. The number of hydrogen-bond donors (Lipinski definition) is 0. The number of nitrogens with zero attached hydrogens (tertiary/aromatic N) is 2. The molecule has 0 amide bonds. The van der Waals surface area contributed by atoms with Crippen molar-refractivity contribution in [2.45, 2.75) is 78.2 Å². The number of fused-ring (bicyclic) bond motifs is 5. The van der Waals surface area contributed by atoms with Gasteiger partial charge in [-0.2, -0.15) is 0 Å². The first-order valence-electron chi connectivity index (χ1n) is 14.2. The summed E-state index contributed by atoms with van der Waals surface area (Å²) >= 11 is 0. The third-order valence-electron chi connectivity index (χ3n) is 9.59. The van der Waals surface area contributed by atoms with Crippen LogP contribution in [-0.4, -0.2) is 28.2 Å². The number of aryl methyl sites for hydroxylation is 2. The zero-order valence-corrected chi connectivity index (χ0v) is 23.2. The lowest BCUT2D eigenvalue weighted by molar-refractivity contribution is -0.154. The van der Waals surface area contributed by atoms with E-state index in [1.807, 2.05) is 24.3 Å². The fourth-order valence-electron chi connectivity index (χ4n) is 7.74. The Morgan fingerprint density at radius 3 is 2.33 bits per heavy atom. The summed E-state index contributed by atoms with van der Waals surface area (Å²) in [6.07, 6.45) is 6.25. The first kappa shape index (κ1) is 25.7. The van der Waals surface area contributed by atoms with Gasteiger partial charge >= 0.3 is 11.9 Å². The van der Waals surface area contributed by atoms with Crippen LogP contribution in [0.2, 0.25) is 0 Å². The number of ether oxygens (including phenoxy) is 2. The molecule has 0 bridgehead atoms. The Kier molecular flexibility index (Phi) is 6.52. The third kappa shape index (κ3) is 4.64. The van der Waals surface area contributed by atoms with Gasteiger partial charge in [0, 0.05) is 30.4 Å². The fourth-order valence-corrected chi connectivity index (χ4v) is 7.74. The Balaban J connectivity index is 1.35. The van der Waals surface area contributed by atoms with Gasteiger partial charge in [0.1, 0.15) is 11.9 Å². The molecule has 0 aliphatic heterocycles. The maximum atomic E-state index is 12.0. The monoisotopic (exact) mass is 524 g/mol. The second kappa shape index (κ2) is 9.89. The van der Waals surface area contributed by atoms with E-state index in [0.717, 1.165) is 55.3 Å². The van der Waals surface area contributed by atoms with Crippen molar-refractivity contribution in [1.29, 1.82) is 0 Å². The van der Waals surface area contributed by atoms with Gasteiger partial charge in [0.2, 0.25) is 0 Å². The summed E-state index contributed by atoms with van der Waals surface area (Å²) < 4.78 is 11.5. The van der Waals surface area contributed by atoms with Crippen LogP contribution in [0.1, 0.15) is 75.5 Å². The number of hydrogen-bond acceptors (Lipinski definition) is 6. The summed E-state index contributed by atoms with van der Waals surface area (Å²) in [7, 11) is 0. The average molecular weight is 525 g/mol. The second-order valence-corrected chi connectivity index (χ2v) is 11.9. The van der Waals surface area contributed by atoms with Crippen molar-refractivity contribution in [3.8, 4) is 28.3 Å². The standard InChI is InChI=1S/C33H36N2O4/c1-19-5-7-22(8-6-19)29-12-13-30(35-34-29)27-18-26-23(17-31(27)38-20(2)36)9-10-25-24(26)15-16-33(4)28(25)11-14-32(33)39-21(3)37/h5-8,12-13,17-18,24-25,28,32H,9-11,14-16H2,1-4H3/t24-,25+,28-,32-,33-/m0/s1. The van der Waals surface area contributed by atoms with Gasteiger partial charge in [0.05, 0.1) is 11.4 Å². The van der Waals surface area contributed by atoms with Crippen molar-refractivity contribution in [2.75, 3.05) is 0 Å². The summed E-state index contributed by atoms with van der Waals surface area (Å²) in [5.74, 6) is 1.57. The lowest BCUT2D eigenvalue weighted by atomic mass is 9.55. The van der Waals surface area contributed by atoms with Gasteiger partial charge in [-0.15, -0.1) is 10.2 Å². The van der Waals surface area contributed by atoms with Gasteiger partial charge in [0.25, 0.3) is 0 Å². The summed E-state index contributed by atoms with van der Waals surface area (Å²) in [5, 5.41) is 9.10. The zero-order valence-electron chi connectivity index (χ0n) is 23.2. The molecule has 5 atom stereocenters. The lowest BCUT2D eigenvalue weighted by Gasteiger charge is -2.50. The first-order chi connectivity index (χ1) is 18.7. The van der Waals surface area contributed by atoms with Crippen LogP contribution in [0.5, 0.6) is 5.75 Å². The maximum Gasteiger partial charge on any atom is 0.308 e. The van der Waals surface area contributed by atoms with Crippen LogP contribution in [0.25, 0.3) is 22.5 Å². The van der Waals surface area contributed by atoms with E-state index in [0.29, 0.717) is 29.2 Å². The molecule has 3 aliphatic rings. The van der Waals surface area contributed by atoms with E-state index in [2.05, 4.69) is 48.3 Å². The van der Waals surface area contributed by atoms with E-state index in [1.54, 1.807) is 0 Å². The summed E-state index contributed by atoms with van der Waals surface area (Å²) in [6, 6.07) is 16.4. The normalized spacial score (nSPS) is 27.2. The molecule has 0 spiro atoms. The van der Waals surface area contributed by atoms with Crippen molar-refractivity contribution in [3.63, 3.8) is 0 Å². The quantitative estimate of drug-likeness (QED) is 0.275. The van der Waals surface area contributed by atoms with Gasteiger partial charge in [-0.3, -0.25) is 9.59 Å². The molecule has 6 heteroatoms. The van der Waals surface area contributed by atoms with Gasteiger partial charge in [-0.25, -0.2) is 0 Å². The molecule has 1 aromatic heterocycles. The number of aromatic nitrogens is 2. The van der Waals surface area contributed by atoms with Crippen LogP contribution >= 0.6 is 0 Å². The number of rotatable bonds is 4. The molecule has 0 radical (unpaired) electrons. The highest BCUT2D eigenvalue weighted by Gasteiger charge is 2.56. The Morgan fingerprint density at radius 2 is 1.64 bits per heavy atom. The summed E-state index contributed by atoms with van der Waals surface area (Å²) in [4.78, 5) is 23.8. The van der Waals surface area contributed by atoms with Gasteiger partial charge in [-0.05, 0) is 98.6 Å². The van der Waals surface area contributed by atoms with Gasteiger partial charge < -0.3 is 9.47 Å². The van der Waals surface area contributed by atoms with Crippen LogP contribution < -0.4 is 4.74 Å².